The highest BCUT2D eigenvalue weighted by molar-refractivity contribution is 6.00. The summed E-state index contributed by atoms with van der Waals surface area (Å²) in [6.07, 6.45) is 1.19. The van der Waals surface area contributed by atoms with Crippen LogP contribution in [0.3, 0.4) is 0 Å². The Morgan fingerprint density at radius 3 is 2.74 bits per heavy atom. The lowest BCUT2D eigenvalue weighted by atomic mass is 9.92. The van der Waals surface area contributed by atoms with Gasteiger partial charge in [-0.25, -0.2) is 10.5 Å². The molecule has 3 rings (SSSR count). The minimum atomic E-state index is -1.13. The van der Waals surface area contributed by atoms with Crippen molar-refractivity contribution in [1.29, 1.82) is 5.26 Å². The molecule has 0 bridgehead atoms. The summed E-state index contributed by atoms with van der Waals surface area (Å²) < 4.78 is 11.2. The van der Waals surface area contributed by atoms with Gasteiger partial charge in [0.15, 0.2) is 5.82 Å². The molecule has 0 spiro atoms. The van der Waals surface area contributed by atoms with Gasteiger partial charge in [0.2, 0.25) is 5.88 Å². The number of rotatable bonds is 8. The molecule has 1 aromatic carbocycles. The second-order valence-electron chi connectivity index (χ2n) is 7.91. The molecule has 1 aliphatic rings. The molecule has 0 atom stereocenters. The molecule has 0 saturated heterocycles. The second-order valence-corrected chi connectivity index (χ2v) is 7.91. The Hall–Kier alpha value is -3.26. The van der Waals surface area contributed by atoms with E-state index in [4.69, 9.17) is 25.3 Å². The number of nitrogens with two attached hydrogens (primary N) is 1. The SMILES string of the molecule is CO[C@H]1C[C@H](Oc2nc(-c3cccc(C#N)c3)nc(N)c2C(=O)NOCC(C)(C)O)C1. The predicted molar refractivity (Wildman–Crippen MR) is 111 cm³/mol. The van der Waals surface area contributed by atoms with Crippen LogP contribution in [-0.2, 0) is 9.57 Å². The fraction of sp³-hybridized carbons (Fsp3) is 0.429. The fourth-order valence-electron chi connectivity index (χ4n) is 2.91. The van der Waals surface area contributed by atoms with Gasteiger partial charge in [-0.15, -0.1) is 0 Å². The third-order valence-electron chi connectivity index (χ3n) is 4.63. The minimum Gasteiger partial charge on any atom is -0.473 e. The molecular weight excluding hydrogens is 402 g/mol. The van der Waals surface area contributed by atoms with Crippen molar-refractivity contribution in [1.82, 2.24) is 15.4 Å². The number of aromatic nitrogens is 2. The van der Waals surface area contributed by atoms with E-state index in [1.54, 1.807) is 31.4 Å². The first-order valence-corrected chi connectivity index (χ1v) is 9.72. The molecule has 164 valence electrons. The summed E-state index contributed by atoms with van der Waals surface area (Å²) in [6, 6.07) is 8.77. The highest BCUT2D eigenvalue weighted by Crippen LogP contribution is 2.32. The van der Waals surface area contributed by atoms with Gasteiger partial charge in [0.25, 0.3) is 5.91 Å². The van der Waals surface area contributed by atoms with Crippen LogP contribution in [0.2, 0.25) is 0 Å². The van der Waals surface area contributed by atoms with E-state index < -0.39 is 11.5 Å². The summed E-state index contributed by atoms with van der Waals surface area (Å²) in [5.74, 6) is -0.569. The van der Waals surface area contributed by atoms with E-state index >= 15 is 0 Å². The maximum absolute atomic E-state index is 12.7. The highest BCUT2D eigenvalue weighted by Gasteiger charge is 2.33. The second kappa shape index (κ2) is 9.26. The van der Waals surface area contributed by atoms with Crippen molar-refractivity contribution >= 4 is 11.7 Å². The minimum absolute atomic E-state index is 0.00812. The number of carbonyl (C=O) groups excluding carboxylic acids is 1. The Morgan fingerprint density at radius 2 is 2.10 bits per heavy atom. The average molecular weight is 427 g/mol. The van der Waals surface area contributed by atoms with Crippen molar-refractivity contribution in [3.8, 4) is 23.3 Å². The molecule has 1 amide bonds. The monoisotopic (exact) mass is 427 g/mol. The first-order chi connectivity index (χ1) is 14.7. The number of nitrogens with one attached hydrogen (secondary N) is 1. The van der Waals surface area contributed by atoms with Crippen molar-refractivity contribution in [3.63, 3.8) is 0 Å². The van der Waals surface area contributed by atoms with E-state index in [-0.39, 0.29) is 41.9 Å². The lowest BCUT2D eigenvalue weighted by Crippen LogP contribution is -2.40. The zero-order chi connectivity index (χ0) is 22.6. The number of methoxy groups -OCH3 is 1. The van der Waals surface area contributed by atoms with E-state index in [1.807, 2.05) is 0 Å². The van der Waals surface area contributed by atoms with Crippen molar-refractivity contribution in [3.05, 3.63) is 35.4 Å². The maximum atomic E-state index is 12.7. The van der Waals surface area contributed by atoms with Gasteiger partial charge in [-0.05, 0) is 26.0 Å². The van der Waals surface area contributed by atoms with Gasteiger partial charge in [0.05, 0.1) is 23.3 Å². The van der Waals surface area contributed by atoms with E-state index in [0.717, 1.165) is 0 Å². The lowest BCUT2D eigenvalue weighted by Gasteiger charge is -2.34. The number of hydroxylamine groups is 1. The number of benzene rings is 1. The molecule has 10 heteroatoms. The molecule has 1 saturated carbocycles. The van der Waals surface area contributed by atoms with E-state index in [0.29, 0.717) is 24.0 Å². The van der Waals surface area contributed by atoms with Gasteiger partial charge in [-0.3, -0.25) is 9.63 Å². The number of ether oxygens (including phenoxy) is 2. The summed E-state index contributed by atoms with van der Waals surface area (Å²) in [7, 11) is 1.63. The Balaban J connectivity index is 1.91. The Labute approximate surface area is 179 Å². The number of amides is 1. The molecule has 1 heterocycles. The Kier molecular flexibility index (Phi) is 6.70. The number of aliphatic hydroxyl groups is 1. The highest BCUT2D eigenvalue weighted by atomic mass is 16.7. The molecule has 4 N–H and O–H groups in total. The van der Waals surface area contributed by atoms with Gasteiger partial charge < -0.3 is 20.3 Å². The van der Waals surface area contributed by atoms with Crippen LogP contribution < -0.4 is 16.0 Å². The van der Waals surface area contributed by atoms with Crippen LogP contribution in [0.5, 0.6) is 5.88 Å². The Bertz CT molecular complexity index is 993. The summed E-state index contributed by atoms with van der Waals surface area (Å²) in [5.41, 5.74) is 8.12. The smallest absolute Gasteiger partial charge is 0.284 e. The third kappa shape index (κ3) is 5.67. The first-order valence-electron chi connectivity index (χ1n) is 9.72. The van der Waals surface area contributed by atoms with E-state index in [2.05, 4.69) is 21.5 Å². The van der Waals surface area contributed by atoms with Gasteiger partial charge >= 0.3 is 0 Å². The largest absolute Gasteiger partial charge is 0.473 e. The molecule has 31 heavy (non-hydrogen) atoms. The van der Waals surface area contributed by atoms with Gasteiger partial charge in [0, 0.05) is 25.5 Å². The van der Waals surface area contributed by atoms with Gasteiger partial charge in [0.1, 0.15) is 24.1 Å². The van der Waals surface area contributed by atoms with Crippen molar-refractivity contribution in [2.75, 3.05) is 19.5 Å². The molecule has 10 nitrogen and oxygen atoms in total. The van der Waals surface area contributed by atoms with Crippen molar-refractivity contribution in [2.45, 2.75) is 44.5 Å². The van der Waals surface area contributed by atoms with Crippen LogP contribution in [0.15, 0.2) is 24.3 Å². The number of nitrogen functional groups attached to an aromatic ring is 1. The predicted octanol–water partition coefficient (Wildman–Crippen LogP) is 1.59. The van der Waals surface area contributed by atoms with Crippen LogP contribution in [0.1, 0.15) is 42.6 Å². The summed E-state index contributed by atoms with van der Waals surface area (Å²) in [6.45, 7) is 2.95. The number of anilines is 1. The van der Waals surface area contributed by atoms with Crippen molar-refractivity contribution < 1.29 is 24.2 Å². The molecule has 0 aliphatic heterocycles. The molecule has 0 unspecified atom stereocenters. The standard InChI is InChI=1S/C21H25N5O5/c1-21(2,28)11-30-26-19(27)16-17(23)24-18(13-6-4-5-12(7-13)10-22)25-20(16)31-15-8-14(9-15)29-3/h4-7,14-15,28H,8-9,11H2,1-3H3,(H,26,27)(H2,23,24,25)/t14-,15-. The maximum Gasteiger partial charge on any atom is 0.284 e. The van der Waals surface area contributed by atoms with E-state index in [9.17, 15) is 9.90 Å². The lowest BCUT2D eigenvalue weighted by molar-refractivity contribution is -0.0527. The third-order valence-corrected chi connectivity index (χ3v) is 4.63. The van der Waals surface area contributed by atoms with Gasteiger partial charge in [-0.1, -0.05) is 12.1 Å². The molecule has 1 aromatic heterocycles. The zero-order valence-electron chi connectivity index (χ0n) is 17.6. The van der Waals surface area contributed by atoms with Crippen LogP contribution in [0.4, 0.5) is 5.82 Å². The number of hydrogen-bond acceptors (Lipinski definition) is 9. The quantitative estimate of drug-likeness (QED) is 0.533. The number of nitriles is 1. The first kappa shape index (κ1) is 22.4. The van der Waals surface area contributed by atoms with Gasteiger partial charge in [-0.2, -0.15) is 10.2 Å². The number of carbonyl (C=O) groups is 1. The topological polar surface area (TPSA) is 153 Å². The summed E-state index contributed by atoms with van der Waals surface area (Å²) in [4.78, 5) is 26.4. The summed E-state index contributed by atoms with van der Waals surface area (Å²) in [5, 5.41) is 18.9. The molecular formula is C21H25N5O5. The van der Waals surface area contributed by atoms with E-state index in [1.165, 1.54) is 13.8 Å². The van der Waals surface area contributed by atoms with Crippen LogP contribution in [0, 0.1) is 11.3 Å². The van der Waals surface area contributed by atoms with Crippen LogP contribution in [-0.4, -0.2) is 52.5 Å². The number of hydrogen-bond donors (Lipinski definition) is 3. The molecule has 2 aromatic rings. The molecule has 0 radical (unpaired) electrons. The average Bonchev–Trinajstić information content (AvgIpc) is 2.68. The molecule has 1 fully saturated rings. The fourth-order valence-corrected chi connectivity index (χ4v) is 2.91. The zero-order valence-corrected chi connectivity index (χ0v) is 17.6. The van der Waals surface area contributed by atoms with Crippen LogP contribution >= 0.6 is 0 Å². The number of nitrogens with zero attached hydrogens (tertiary/aromatic N) is 3. The molecule has 1 aliphatic carbocycles. The normalized spacial score (nSPS) is 18.0. The Morgan fingerprint density at radius 1 is 1.35 bits per heavy atom. The summed E-state index contributed by atoms with van der Waals surface area (Å²) >= 11 is 0. The van der Waals surface area contributed by atoms with Crippen molar-refractivity contribution in [2.24, 2.45) is 0 Å². The van der Waals surface area contributed by atoms with Crippen LogP contribution in [0.25, 0.3) is 11.4 Å².